The minimum atomic E-state index is 0. The molecule has 0 spiro atoms. The van der Waals surface area contributed by atoms with Gasteiger partial charge in [-0.15, -0.1) is 0 Å². The van der Waals surface area contributed by atoms with E-state index < -0.39 is 0 Å². The molecule has 18 heavy (non-hydrogen) atoms. The summed E-state index contributed by atoms with van der Waals surface area (Å²) in [6, 6.07) is 0. The smallest absolute Gasteiger partial charge is 1.00 e. The fraction of sp³-hybridized carbons (Fsp3) is 0.867. The van der Waals surface area contributed by atoms with Crippen molar-refractivity contribution in [3.05, 3.63) is 12.2 Å². The molecule has 0 atom stereocenters. The van der Waals surface area contributed by atoms with Crippen molar-refractivity contribution in [3.63, 3.8) is 0 Å². The number of hydrogen-bond acceptors (Lipinski definition) is 2. The number of unbranched alkanes of at least 4 members (excludes halogenated alkanes) is 5. The van der Waals surface area contributed by atoms with E-state index in [9.17, 15) is 0 Å². The van der Waals surface area contributed by atoms with Gasteiger partial charge in [-0.05, 0) is 19.3 Å². The van der Waals surface area contributed by atoms with Crippen LogP contribution in [-0.2, 0) is 9.47 Å². The molecule has 0 saturated heterocycles. The Morgan fingerprint density at radius 1 is 0.833 bits per heavy atom. The molecule has 0 heterocycles. The second-order valence-electron chi connectivity index (χ2n) is 4.37. The molecule has 0 amide bonds. The van der Waals surface area contributed by atoms with E-state index in [0.29, 0.717) is 6.79 Å². The van der Waals surface area contributed by atoms with E-state index in [0.717, 1.165) is 26.1 Å². The maximum atomic E-state index is 5.40. The van der Waals surface area contributed by atoms with Crippen LogP contribution in [0.2, 0.25) is 0 Å². The van der Waals surface area contributed by atoms with Crippen molar-refractivity contribution in [1.29, 1.82) is 0 Å². The molecule has 3 heteroatoms. The van der Waals surface area contributed by atoms with E-state index in [1.807, 2.05) is 0 Å². The first-order chi connectivity index (χ1) is 8.41. The monoisotopic (exact) mass is 250 g/mol. The van der Waals surface area contributed by atoms with Gasteiger partial charge in [0.05, 0.1) is 6.61 Å². The Labute approximate surface area is 127 Å². The fourth-order valence-corrected chi connectivity index (χ4v) is 1.60. The van der Waals surface area contributed by atoms with E-state index in [2.05, 4.69) is 26.0 Å². The second-order valence-corrected chi connectivity index (χ2v) is 4.37. The van der Waals surface area contributed by atoms with Gasteiger partial charge in [0.15, 0.2) is 0 Å². The van der Waals surface area contributed by atoms with Crippen molar-refractivity contribution in [2.24, 2.45) is 0 Å². The third-order valence-corrected chi connectivity index (χ3v) is 2.64. The van der Waals surface area contributed by atoms with Gasteiger partial charge in [-0.2, -0.15) is 0 Å². The molecule has 104 valence electrons. The molecule has 2 nitrogen and oxygen atoms in total. The van der Waals surface area contributed by atoms with Crippen LogP contribution in [0, 0.1) is 0 Å². The third-order valence-electron chi connectivity index (χ3n) is 2.64. The molecule has 0 rings (SSSR count). The first-order valence-electron chi connectivity index (χ1n) is 7.22. The Morgan fingerprint density at radius 3 is 2.22 bits per heavy atom. The standard InChI is InChI=1S/C15H30O2.Li.H/c1-3-5-7-9-10-12-14-17-15-16-13-11-8-6-4-2;;/h6,8H,3-5,7,9-15H2,1-2H3;;/q;+1;-1/b8-6-;;. The Bertz CT molecular complexity index is 166. The molecule has 0 aromatic heterocycles. The molecule has 0 aliphatic carbocycles. The molecule has 0 radical (unpaired) electrons. The van der Waals surface area contributed by atoms with E-state index in [1.165, 1.54) is 38.5 Å². The van der Waals surface area contributed by atoms with Crippen molar-refractivity contribution in [3.8, 4) is 0 Å². The Morgan fingerprint density at radius 2 is 1.50 bits per heavy atom. The molecule has 0 fully saturated rings. The van der Waals surface area contributed by atoms with Gasteiger partial charge in [-0.1, -0.05) is 58.1 Å². The fourth-order valence-electron chi connectivity index (χ4n) is 1.60. The first-order valence-corrected chi connectivity index (χ1v) is 7.22. The van der Waals surface area contributed by atoms with E-state index >= 15 is 0 Å². The van der Waals surface area contributed by atoms with Gasteiger partial charge in [0.1, 0.15) is 6.79 Å². The molecule has 0 saturated carbocycles. The number of ether oxygens (including phenoxy) is 2. The molecule has 0 N–H and O–H groups in total. The SMILES string of the molecule is CC/C=C\CCOCOCCCCCCCC.[H-].[Li+]. The van der Waals surface area contributed by atoms with E-state index in [1.54, 1.807) is 0 Å². The number of rotatable bonds is 13. The van der Waals surface area contributed by atoms with Crippen LogP contribution >= 0.6 is 0 Å². The van der Waals surface area contributed by atoms with Crippen LogP contribution in [0.4, 0.5) is 0 Å². The quantitative estimate of drug-likeness (QED) is 0.215. The van der Waals surface area contributed by atoms with Crippen molar-refractivity contribution in [2.45, 2.75) is 65.2 Å². The van der Waals surface area contributed by atoms with Gasteiger partial charge in [0, 0.05) is 6.61 Å². The van der Waals surface area contributed by atoms with E-state index in [-0.39, 0.29) is 20.3 Å². The van der Waals surface area contributed by atoms with Crippen molar-refractivity contribution < 1.29 is 29.8 Å². The molecular weight excluding hydrogens is 219 g/mol. The minimum Gasteiger partial charge on any atom is -1.00 e. The maximum Gasteiger partial charge on any atom is 1.00 e. The van der Waals surface area contributed by atoms with Gasteiger partial charge in [-0.3, -0.25) is 0 Å². The summed E-state index contributed by atoms with van der Waals surface area (Å²) >= 11 is 0. The average molecular weight is 250 g/mol. The van der Waals surface area contributed by atoms with Crippen LogP contribution in [0.15, 0.2) is 12.2 Å². The summed E-state index contributed by atoms with van der Waals surface area (Å²) in [5.74, 6) is 0. The summed E-state index contributed by atoms with van der Waals surface area (Å²) in [6.45, 7) is 6.45. The van der Waals surface area contributed by atoms with Crippen LogP contribution in [0.1, 0.15) is 66.6 Å². The topological polar surface area (TPSA) is 18.5 Å². The number of hydrogen-bond donors (Lipinski definition) is 0. The Hall–Kier alpha value is 0.257. The van der Waals surface area contributed by atoms with Crippen LogP contribution < -0.4 is 18.9 Å². The molecule has 0 bridgehead atoms. The molecule has 0 aliphatic rings. The predicted molar refractivity (Wildman–Crippen MR) is 75.3 cm³/mol. The van der Waals surface area contributed by atoms with Crippen LogP contribution in [0.3, 0.4) is 0 Å². The summed E-state index contributed by atoms with van der Waals surface area (Å²) < 4.78 is 10.8. The van der Waals surface area contributed by atoms with Gasteiger partial charge in [0.2, 0.25) is 0 Å². The number of allylic oxidation sites excluding steroid dienone is 1. The normalized spacial score (nSPS) is 10.8. The zero-order valence-corrected chi connectivity index (χ0v) is 12.7. The van der Waals surface area contributed by atoms with E-state index in [4.69, 9.17) is 9.47 Å². The predicted octanol–water partition coefficient (Wildman–Crippen LogP) is 1.81. The third kappa shape index (κ3) is 18.6. The summed E-state index contributed by atoms with van der Waals surface area (Å²) in [5.41, 5.74) is 0. The molecule has 0 aliphatic heterocycles. The van der Waals surface area contributed by atoms with Gasteiger partial charge < -0.3 is 10.9 Å². The Balaban J connectivity index is -0.00000128. The largest absolute Gasteiger partial charge is 1.00 e. The van der Waals surface area contributed by atoms with Crippen molar-refractivity contribution in [1.82, 2.24) is 0 Å². The Kier molecular flexibility index (Phi) is 22.4. The zero-order chi connectivity index (χ0) is 12.6. The van der Waals surface area contributed by atoms with Crippen LogP contribution in [0.25, 0.3) is 0 Å². The minimum absolute atomic E-state index is 0. The molecule has 0 aromatic carbocycles. The average Bonchev–Trinajstić information content (AvgIpc) is 2.35. The van der Waals surface area contributed by atoms with Gasteiger partial charge >= 0.3 is 18.9 Å². The molecular formula is C15H31LiO2. The molecule has 0 aromatic rings. The first kappa shape index (κ1) is 20.6. The summed E-state index contributed by atoms with van der Waals surface area (Å²) in [5, 5.41) is 0. The van der Waals surface area contributed by atoms with Gasteiger partial charge in [-0.25, -0.2) is 0 Å². The van der Waals surface area contributed by atoms with Gasteiger partial charge in [0.25, 0.3) is 0 Å². The van der Waals surface area contributed by atoms with Crippen LogP contribution in [0.5, 0.6) is 0 Å². The molecule has 0 unspecified atom stereocenters. The maximum absolute atomic E-state index is 5.40. The summed E-state index contributed by atoms with van der Waals surface area (Å²) in [7, 11) is 0. The van der Waals surface area contributed by atoms with Crippen molar-refractivity contribution in [2.75, 3.05) is 20.0 Å². The summed E-state index contributed by atoms with van der Waals surface area (Å²) in [4.78, 5) is 0. The van der Waals surface area contributed by atoms with Crippen molar-refractivity contribution >= 4 is 0 Å². The second kappa shape index (κ2) is 19.6. The van der Waals surface area contributed by atoms with Crippen LogP contribution in [-0.4, -0.2) is 20.0 Å². The zero-order valence-electron chi connectivity index (χ0n) is 13.7. The summed E-state index contributed by atoms with van der Waals surface area (Å²) in [6.07, 6.45) is 14.3.